The normalized spacial score (nSPS) is 9.87. The number of anilines is 1. The number of hydrogen-bond acceptors (Lipinski definition) is 3. The van der Waals surface area contributed by atoms with E-state index >= 15 is 0 Å². The highest BCUT2D eigenvalue weighted by Gasteiger charge is 2.04. The lowest BCUT2D eigenvalue weighted by Crippen LogP contribution is -1.91. The van der Waals surface area contributed by atoms with Gasteiger partial charge in [-0.05, 0) is 24.3 Å². The van der Waals surface area contributed by atoms with Crippen LogP contribution in [0.1, 0.15) is 0 Å². The van der Waals surface area contributed by atoms with Gasteiger partial charge in [-0.2, -0.15) is 0 Å². The average molecular weight is 201 g/mol. The zero-order chi connectivity index (χ0) is 10.7. The number of ether oxygens (including phenoxy) is 1. The fourth-order valence-electron chi connectivity index (χ4n) is 1.24. The molecular formula is C12H11NO2. The maximum atomic E-state index is 9.37. The van der Waals surface area contributed by atoms with Crippen molar-refractivity contribution in [2.75, 3.05) is 5.73 Å². The van der Waals surface area contributed by atoms with Crippen molar-refractivity contribution in [2.24, 2.45) is 0 Å². The molecule has 0 aliphatic heterocycles. The topological polar surface area (TPSA) is 55.5 Å². The summed E-state index contributed by atoms with van der Waals surface area (Å²) < 4.78 is 5.50. The number of phenolic OH excluding ortho intramolecular Hbond substituents is 1. The standard InChI is InChI=1S/C12H11NO2/c13-12-10(14)7-4-8-11(12)15-9-5-2-1-3-6-9/h1-8,14H,13H2. The molecule has 0 bridgehead atoms. The van der Waals surface area contributed by atoms with Gasteiger partial charge >= 0.3 is 0 Å². The molecule has 3 nitrogen and oxygen atoms in total. The highest BCUT2D eigenvalue weighted by molar-refractivity contribution is 5.62. The van der Waals surface area contributed by atoms with Crippen molar-refractivity contribution in [3.63, 3.8) is 0 Å². The monoisotopic (exact) mass is 201 g/mol. The van der Waals surface area contributed by atoms with Gasteiger partial charge in [0.1, 0.15) is 17.2 Å². The average Bonchev–Trinajstić information content (AvgIpc) is 2.26. The van der Waals surface area contributed by atoms with Gasteiger partial charge in [0.25, 0.3) is 0 Å². The molecule has 2 aromatic carbocycles. The maximum Gasteiger partial charge on any atom is 0.154 e. The van der Waals surface area contributed by atoms with E-state index in [0.29, 0.717) is 11.5 Å². The zero-order valence-corrected chi connectivity index (χ0v) is 8.05. The van der Waals surface area contributed by atoms with Crippen LogP contribution in [-0.2, 0) is 0 Å². The number of phenols is 1. The van der Waals surface area contributed by atoms with Gasteiger partial charge in [-0.1, -0.05) is 24.3 Å². The highest BCUT2D eigenvalue weighted by Crippen LogP contribution is 2.33. The first-order valence-electron chi connectivity index (χ1n) is 4.58. The molecule has 0 amide bonds. The summed E-state index contributed by atoms with van der Waals surface area (Å²) >= 11 is 0. The molecule has 0 aromatic heterocycles. The summed E-state index contributed by atoms with van der Waals surface area (Å²) in [6.45, 7) is 0. The second-order valence-corrected chi connectivity index (χ2v) is 3.10. The lowest BCUT2D eigenvalue weighted by atomic mass is 10.2. The molecule has 15 heavy (non-hydrogen) atoms. The molecule has 3 N–H and O–H groups in total. The number of rotatable bonds is 2. The minimum Gasteiger partial charge on any atom is -0.506 e. The molecule has 0 radical (unpaired) electrons. The second-order valence-electron chi connectivity index (χ2n) is 3.10. The molecule has 2 aromatic rings. The van der Waals surface area contributed by atoms with Gasteiger partial charge in [0, 0.05) is 0 Å². The van der Waals surface area contributed by atoms with E-state index in [-0.39, 0.29) is 11.4 Å². The van der Waals surface area contributed by atoms with Crippen LogP contribution in [-0.4, -0.2) is 5.11 Å². The number of benzene rings is 2. The van der Waals surface area contributed by atoms with Crippen molar-refractivity contribution in [1.82, 2.24) is 0 Å². The van der Waals surface area contributed by atoms with Gasteiger partial charge in [0.15, 0.2) is 5.75 Å². The molecule has 0 aliphatic rings. The Kier molecular flexibility index (Phi) is 2.46. The van der Waals surface area contributed by atoms with E-state index in [2.05, 4.69) is 0 Å². The van der Waals surface area contributed by atoms with Gasteiger partial charge in [0.2, 0.25) is 0 Å². The summed E-state index contributed by atoms with van der Waals surface area (Å²) in [6, 6.07) is 14.2. The SMILES string of the molecule is Nc1c(O)cccc1Oc1ccccc1. The lowest BCUT2D eigenvalue weighted by molar-refractivity contribution is 0.460. The lowest BCUT2D eigenvalue weighted by Gasteiger charge is -2.08. The quantitative estimate of drug-likeness (QED) is 0.580. The fourth-order valence-corrected chi connectivity index (χ4v) is 1.24. The molecule has 3 heteroatoms. The number of aromatic hydroxyl groups is 1. The predicted octanol–water partition coefficient (Wildman–Crippen LogP) is 2.77. The van der Waals surface area contributed by atoms with Gasteiger partial charge in [0.05, 0.1) is 0 Å². The van der Waals surface area contributed by atoms with Gasteiger partial charge in [-0.3, -0.25) is 0 Å². The summed E-state index contributed by atoms with van der Waals surface area (Å²) in [4.78, 5) is 0. The van der Waals surface area contributed by atoms with E-state index in [4.69, 9.17) is 10.5 Å². The summed E-state index contributed by atoms with van der Waals surface area (Å²) in [5.74, 6) is 1.18. The van der Waals surface area contributed by atoms with E-state index in [0.717, 1.165) is 0 Å². The van der Waals surface area contributed by atoms with Gasteiger partial charge in [-0.25, -0.2) is 0 Å². The largest absolute Gasteiger partial charge is 0.506 e. The van der Waals surface area contributed by atoms with Crippen molar-refractivity contribution >= 4 is 5.69 Å². The highest BCUT2D eigenvalue weighted by atomic mass is 16.5. The molecule has 0 aliphatic carbocycles. The van der Waals surface area contributed by atoms with Crippen molar-refractivity contribution in [3.05, 3.63) is 48.5 Å². The Morgan fingerprint density at radius 2 is 1.67 bits per heavy atom. The van der Waals surface area contributed by atoms with Crippen LogP contribution < -0.4 is 10.5 Å². The molecule has 2 rings (SSSR count). The van der Waals surface area contributed by atoms with Crippen LogP contribution in [0.15, 0.2) is 48.5 Å². The molecule has 0 saturated heterocycles. The van der Waals surface area contributed by atoms with Crippen LogP contribution in [0, 0.1) is 0 Å². The Bertz CT molecular complexity index is 454. The first-order valence-corrected chi connectivity index (χ1v) is 4.58. The van der Waals surface area contributed by atoms with Crippen molar-refractivity contribution in [2.45, 2.75) is 0 Å². The van der Waals surface area contributed by atoms with Crippen molar-refractivity contribution in [3.8, 4) is 17.2 Å². The molecule has 0 saturated carbocycles. The Balaban J connectivity index is 2.29. The number of para-hydroxylation sites is 2. The van der Waals surface area contributed by atoms with Crippen LogP contribution in [0.25, 0.3) is 0 Å². The Morgan fingerprint density at radius 3 is 2.40 bits per heavy atom. The maximum absolute atomic E-state index is 9.37. The minimum absolute atomic E-state index is 0.0310. The molecule has 76 valence electrons. The number of nitrogens with two attached hydrogens (primary N) is 1. The predicted molar refractivity (Wildman–Crippen MR) is 59.0 cm³/mol. The van der Waals surface area contributed by atoms with E-state index in [1.54, 1.807) is 12.1 Å². The molecule has 0 atom stereocenters. The third kappa shape index (κ3) is 2.02. The van der Waals surface area contributed by atoms with E-state index in [1.165, 1.54) is 6.07 Å². The van der Waals surface area contributed by atoms with Gasteiger partial charge in [-0.15, -0.1) is 0 Å². The van der Waals surface area contributed by atoms with Crippen molar-refractivity contribution in [1.29, 1.82) is 0 Å². The van der Waals surface area contributed by atoms with Crippen LogP contribution in [0.2, 0.25) is 0 Å². The molecule has 0 unspecified atom stereocenters. The van der Waals surface area contributed by atoms with Crippen LogP contribution >= 0.6 is 0 Å². The van der Waals surface area contributed by atoms with E-state index < -0.39 is 0 Å². The summed E-state index contributed by atoms with van der Waals surface area (Å²) in [6.07, 6.45) is 0. The third-order valence-corrected chi connectivity index (χ3v) is 2.01. The molecule has 0 spiro atoms. The summed E-state index contributed by atoms with van der Waals surface area (Å²) in [7, 11) is 0. The second kappa shape index (κ2) is 3.92. The number of hydrogen-bond donors (Lipinski definition) is 2. The molecule has 0 fully saturated rings. The first-order chi connectivity index (χ1) is 7.27. The van der Waals surface area contributed by atoms with E-state index in [1.807, 2.05) is 30.3 Å². The Morgan fingerprint density at radius 1 is 0.933 bits per heavy atom. The van der Waals surface area contributed by atoms with Crippen LogP contribution in [0.3, 0.4) is 0 Å². The fraction of sp³-hybridized carbons (Fsp3) is 0. The molecular weight excluding hydrogens is 190 g/mol. The minimum atomic E-state index is 0.0310. The Labute approximate surface area is 87.7 Å². The Hall–Kier alpha value is -2.16. The van der Waals surface area contributed by atoms with Crippen LogP contribution in [0.4, 0.5) is 5.69 Å². The van der Waals surface area contributed by atoms with E-state index in [9.17, 15) is 5.11 Å². The zero-order valence-electron chi connectivity index (χ0n) is 8.05. The van der Waals surface area contributed by atoms with Crippen LogP contribution in [0.5, 0.6) is 17.2 Å². The molecule has 0 heterocycles. The van der Waals surface area contributed by atoms with Crippen molar-refractivity contribution < 1.29 is 9.84 Å². The third-order valence-electron chi connectivity index (χ3n) is 2.01. The summed E-state index contributed by atoms with van der Waals surface area (Å²) in [5, 5.41) is 9.37. The first kappa shape index (κ1) is 9.40. The smallest absolute Gasteiger partial charge is 0.154 e. The number of nitrogen functional groups attached to an aromatic ring is 1. The summed E-state index contributed by atoms with van der Waals surface area (Å²) in [5.41, 5.74) is 5.91. The van der Waals surface area contributed by atoms with Gasteiger partial charge < -0.3 is 15.6 Å².